The molecule has 0 radical (unpaired) electrons. The zero-order chi connectivity index (χ0) is 21.5. The zero-order valence-electron chi connectivity index (χ0n) is 16.9. The number of aromatic nitrogens is 5. The van der Waals surface area contributed by atoms with Crippen molar-refractivity contribution in [2.24, 2.45) is 0 Å². The first-order valence-electron chi connectivity index (χ1n) is 10.2. The molecule has 1 aromatic carbocycles. The Kier molecular flexibility index (Phi) is 4.51. The van der Waals surface area contributed by atoms with E-state index in [1.54, 1.807) is 12.4 Å². The van der Waals surface area contributed by atoms with E-state index in [1.807, 2.05) is 48.7 Å². The van der Waals surface area contributed by atoms with Crippen LogP contribution in [0.3, 0.4) is 0 Å². The van der Waals surface area contributed by atoms with Gasteiger partial charge in [0.15, 0.2) is 0 Å². The van der Waals surface area contributed by atoms with Crippen LogP contribution in [-0.2, 0) is 0 Å². The molecule has 32 heavy (non-hydrogen) atoms. The van der Waals surface area contributed by atoms with Crippen LogP contribution in [-0.4, -0.2) is 24.5 Å². The molecule has 0 unspecified atom stereocenters. The van der Waals surface area contributed by atoms with Crippen LogP contribution in [0.25, 0.3) is 50.4 Å². The van der Waals surface area contributed by atoms with E-state index >= 15 is 0 Å². The average Bonchev–Trinajstić information content (AvgIpc) is 3.18. The molecule has 0 saturated carbocycles. The Balaban J connectivity index is 1.70. The van der Waals surface area contributed by atoms with Crippen molar-refractivity contribution in [1.29, 1.82) is 0 Å². The van der Waals surface area contributed by atoms with Crippen molar-refractivity contribution in [2.45, 2.75) is 0 Å². The lowest BCUT2D eigenvalue weighted by atomic mass is 10.1. The predicted molar refractivity (Wildman–Crippen MR) is 131 cm³/mol. The molecule has 6 aromatic rings. The molecule has 0 aliphatic heterocycles. The number of rotatable bonds is 3. The van der Waals surface area contributed by atoms with Gasteiger partial charge in [0.05, 0.1) is 45.0 Å². The molecule has 0 aliphatic carbocycles. The van der Waals surface area contributed by atoms with Crippen molar-refractivity contribution in [3.8, 4) is 28.5 Å². The molecule has 5 aromatic heterocycles. The molecule has 0 aliphatic rings. The fraction of sp³-hybridized carbons (Fsp3) is 0. The normalized spacial score (nSPS) is 11.3. The summed E-state index contributed by atoms with van der Waals surface area (Å²) in [4.78, 5) is 18.6. The smallest absolute Gasteiger partial charge is 0.0963 e. The van der Waals surface area contributed by atoms with E-state index in [2.05, 4.69) is 71.8 Å². The van der Waals surface area contributed by atoms with Gasteiger partial charge in [-0.2, -0.15) is 0 Å². The summed E-state index contributed by atoms with van der Waals surface area (Å²) in [5.41, 5.74) is 7.26. The fourth-order valence-electron chi connectivity index (χ4n) is 4.02. The zero-order valence-corrected chi connectivity index (χ0v) is 18.4. The summed E-state index contributed by atoms with van der Waals surface area (Å²) in [6, 6.07) is 26.2. The van der Waals surface area contributed by atoms with Crippen molar-refractivity contribution in [1.82, 2.24) is 24.5 Å². The molecule has 0 N–H and O–H groups in total. The summed E-state index contributed by atoms with van der Waals surface area (Å²) in [6.45, 7) is 0. The van der Waals surface area contributed by atoms with Gasteiger partial charge in [-0.3, -0.25) is 15.0 Å². The Morgan fingerprint density at radius 2 is 1.28 bits per heavy atom. The van der Waals surface area contributed by atoms with E-state index in [0.29, 0.717) is 0 Å². The number of hydrogen-bond donors (Lipinski definition) is 0. The lowest BCUT2D eigenvalue weighted by Crippen LogP contribution is -1.99. The minimum Gasteiger partial charge on any atom is -0.307 e. The summed E-state index contributed by atoms with van der Waals surface area (Å²) in [7, 11) is 0. The summed E-state index contributed by atoms with van der Waals surface area (Å²) < 4.78 is 3.25. The molecular weight excluding hydrogens is 462 g/mol. The standard InChI is InChI=1S/C26H16BrN5/c27-17-9-10-24-19(14-17)26-25(8-5-13-30-26)32(24)18-15-22(20-6-1-3-11-28-20)31-23(16-18)21-7-2-4-12-29-21/h1-16H. The van der Waals surface area contributed by atoms with Crippen molar-refractivity contribution in [2.75, 3.05) is 0 Å². The first-order chi connectivity index (χ1) is 15.8. The maximum atomic E-state index is 4.90. The van der Waals surface area contributed by atoms with E-state index in [0.717, 1.165) is 54.9 Å². The van der Waals surface area contributed by atoms with E-state index in [9.17, 15) is 0 Å². The van der Waals surface area contributed by atoms with Crippen molar-refractivity contribution < 1.29 is 0 Å². The number of benzene rings is 1. The molecule has 6 rings (SSSR count). The van der Waals surface area contributed by atoms with Gasteiger partial charge in [0.1, 0.15) is 0 Å². The van der Waals surface area contributed by atoms with Gasteiger partial charge >= 0.3 is 0 Å². The topological polar surface area (TPSA) is 56.5 Å². The highest BCUT2D eigenvalue weighted by Crippen LogP contribution is 2.34. The fourth-order valence-corrected chi connectivity index (χ4v) is 4.38. The Hall–Kier alpha value is -3.90. The van der Waals surface area contributed by atoms with E-state index in [1.165, 1.54) is 0 Å². The molecule has 5 nitrogen and oxygen atoms in total. The first-order valence-corrected chi connectivity index (χ1v) is 11.0. The minimum absolute atomic E-state index is 0.791. The molecule has 5 heterocycles. The first kappa shape index (κ1) is 18.8. The van der Waals surface area contributed by atoms with Crippen molar-refractivity contribution >= 4 is 37.9 Å². The molecule has 0 atom stereocenters. The highest BCUT2D eigenvalue weighted by atomic mass is 79.9. The predicted octanol–water partition coefficient (Wildman–Crippen LogP) is 6.46. The average molecular weight is 478 g/mol. The largest absolute Gasteiger partial charge is 0.307 e. The number of pyridine rings is 4. The number of fused-ring (bicyclic) bond motifs is 3. The summed E-state index contributed by atoms with van der Waals surface area (Å²) in [6.07, 6.45) is 5.40. The Morgan fingerprint density at radius 3 is 1.94 bits per heavy atom. The van der Waals surface area contributed by atoms with Crippen LogP contribution in [0.5, 0.6) is 0 Å². The lowest BCUT2D eigenvalue weighted by molar-refractivity contribution is 1.14. The molecule has 0 bridgehead atoms. The molecule has 0 saturated heterocycles. The van der Waals surface area contributed by atoms with Crippen LogP contribution in [0.1, 0.15) is 0 Å². The maximum absolute atomic E-state index is 4.90. The molecule has 0 amide bonds. The third-order valence-corrected chi connectivity index (χ3v) is 5.90. The van der Waals surface area contributed by atoms with Gasteiger partial charge in [-0.1, -0.05) is 28.1 Å². The highest BCUT2D eigenvalue weighted by Gasteiger charge is 2.16. The van der Waals surface area contributed by atoms with Crippen LogP contribution in [0.15, 0.2) is 102 Å². The Bertz CT molecular complexity index is 1520. The molecule has 0 fully saturated rings. The summed E-state index contributed by atoms with van der Waals surface area (Å²) >= 11 is 3.60. The van der Waals surface area contributed by atoms with E-state index < -0.39 is 0 Å². The van der Waals surface area contributed by atoms with E-state index in [-0.39, 0.29) is 0 Å². The van der Waals surface area contributed by atoms with Crippen LogP contribution >= 0.6 is 15.9 Å². The second-order valence-electron chi connectivity index (χ2n) is 7.39. The Labute approximate surface area is 192 Å². The maximum Gasteiger partial charge on any atom is 0.0963 e. The number of halogens is 1. The van der Waals surface area contributed by atoms with Gasteiger partial charge in [-0.05, 0) is 66.7 Å². The van der Waals surface area contributed by atoms with Gasteiger partial charge in [0, 0.05) is 28.4 Å². The second-order valence-corrected chi connectivity index (χ2v) is 8.31. The number of nitrogens with zero attached hydrogens (tertiary/aromatic N) is 5. The molecule has 0 spiro atoms. The van der Waals surface area contributed by atoms with E-state index in [4.69, 9.17) is 4.98 Å². The van der Waals surface area contributed by atoms with Crippen LogP contribution in [0.2, 0.25) is 0 Å². The summed E-state index contributed by atoms with van der Waals surface area (Å²) in [5.74, 6) is 0. The van der Waals surface area contributed by atoms with Crippen molar-refractivity contribution in [3.05, 3.63) is 102 Å². The van der Waals surface area contributed by atoms with Gasteiger partial charge in [0.2, 0.25) is 0 Å². The molecule has 152 valence electrons. The van der Waals surface area contributed by atoms with Gasteiger partial charge in [0.25, 0.3) is 0 Å². The second kappa shape index (κ2) is 7.66. The third kappa shape index (κ3) is 3.16. The van der Waals surface area contributed by atoms with Crippen LogP contribution in [0.4, 0.5) is 0 Å². The quantitative estimate of drug-likeness (QED) is 0.293. The Morgan fingerprint density at radius 1 is 0.594 bits per heavy atom. The van der Waals surface area contributed by atoms with Crippen LogP contribution < -0.4 is 0 Å². The summed E-state index contributed by atoms with van der Waals surface area (Å²) in [5, 5.41) is 1.09. The molecular formula is C26H16BrN5. The van der Waals surface area contributed by atoms with Gasteiger partial charge < -0.3 is 4.57 Å². The highest BCUT2D eigenvalue weighted by molar-refractivity contribution is 9.10. The lowest BCUT2D eigenvalue weighted by Gasteiger charge is -2.12. The van der Waals surface area contributed by atoms with Gasteiger partial charge in [-0.15, -0.1) is 0 Å². The number of hydrogen-bond acceptors (Lipinski definition) is 4. The monoisotopic (exact) mass is 477 g/mol. The molecule has 6 heteroatoms. The van der Waals surface area contributed by atoms with Crippen molar-refractivity contribution in [3.63, 3.8) is 0 Å². The SMILES string of the molecule is Brc1ccc2c(c1)c1ncccc1n2-c1cc(-c2ccccn2)nc(-c2ccccn2)c1. The third-order valence-electron chi connectivity index (χ3n) is 5.40. The van der Waals surface area contributed by atoms with Gasteiger partial charge in [-0.25, -0.2) is 4.98 Å². The minimum atomic E-state index is 0.791. The van der Waals surface area contributed by atoms with Crippen LogP contribution in [0, 0.1) is 0 Å².